The highest BCUT2D eigenvalue weighted by atomic mass is 16.3. The number of phenolic OH excluding ortho intramolecular Hbond substituents is 2. The molecule has 0 spiro atoms. The largest absolute Gasteiger partial charge is 0.504 e. The second-order valence-corrected chi connectivity index (χ2v) is 7.88. The fourth-order valence-corrected chi connectivity index (χ4v) is 4.72. The van der Waals surface area contributed by atoms with Crippen molar-refractivity contribution in [3.63, 3.8) is 0 Å². The number of aromatic hydroxyl groups is 2. The van der Waals surface area contributed by atoms with Gasteiger partial charge in [0.15, 0.2) is 11.5 Å². The fourth-order valence-electron chi connectivity index (χ4n) is 4.72. The van der Waals surface area contributed by atoms with Crippen molar-refractivity contribution in [2.45, 2.75) is 25.4 Å². The lowest BCUT2D eigenvalue weighted by Crippen LogP contribution is -2.62. The van der Waals surface area contributed by atoms with Crippen molar-refractivity contribution >= 4 is 22.7 Å². The molecule has 2 aliphatic heterocycles. The van der Waals surface area contributed by atoms with Gasteiger partial charge in [-0.2, -0.15) is 0 Å². The summed E-state index contributed by atoms with van der Waals surface area (Å²) < 4.78 is 0. The van der Waals surface area contributed by atoms with E-state index in [-0.39, 0.29) is 29.9 Å². The molecular formula is C22H21N3O4. The zero-order valence-electron chi connectivity index (χ0n) is 16.1. The SMILES string of the molecule is Cc1cc(O)c(O)cc1[C@@H]1c2[nH]c3ccccc3c2C[C@@H]2C(=O)N(C)CC(=O)N12. The lowest BCUT2D eigenvalue weighted by atomic mass is 9.85. The van der Waals surface area contributed by atoms with Gasteiger partial charge in [-0.1, -0.05) is 18.2 Å². The number of aryl methyl sites for hydroxylation is 1. The third-order valence-electron chi connectivity index (χ3n) is 6.11. The van der Waals surface area contributed by atoms with Crippen molar-refractivity contribution in [1.82, 2.24) is 14.8 Å². The van der Waals surface area contributed by atoms with Crippen LogP contribution in [0.1, 0.15) is 28.4 Å². The van der Waals surface area contributed by atoms with Gasteiger partial charge in [0.25, 0.3) is 0 Å². The summed E-state index contributed by atoms with van der Waals surface area (Å²) >= 11 is 0. The van der Waals surface area contributed by atoms with E-state index in [2.05, 4.69) is 4.98 Å². The van der Waals surface area contributed by atoms with Crippen molar-refractivity contribution in [3.8, 4) is 11.5 Å². The highest BCUT2D eigenvalue weighted by molar-refractivity contribution is 5.97. The minimum atomic E-state index is -0.603. The second kappa shape index (κ2) is 6.01. The first-order valence-electron chi connectivity index (χ1n) is 9.55. The maximum atomic E-state index is 13.1. The number of nitrogens with one attached hydrogen (secondary N) is 1. The Morgan fingerprint density at radius 1 is 1.10 bits per heavy atom. The number of nitrogens with zero attached hydrogens (tertiary/aromatic N) is 2. The minimum Gasteiger partial charge on any atom is -0.504 e. The number of carbonyl (C=O) groups excluding carboxylic acids is 2. The van der Waals surface area contributed by atoms with Crippen LogP contribution in [0.3, 0.4) is 0 Å². The van der Waals surface area contributed by atoms with Crippen LogP contribution in [0.15, 0.2) is 36.4 Å². The van der Waals surface area contributed by atoms with Crippen LogP contribution in [0.2, 0.25) is 0 Å². The van der Waals surface area contributed by atoms with Gasteiger partial charge in [0.1, 0.15) is 6.04 Å². The van der Waals surface area contributed by atoms with E-state index in [0.717, 1.165) is 27.7 Å². The summed E-state index contributed by atoms with van der Waals surface area (Å²) in [6.45, 7) is 1.84. The first kappa shape index (κ1) is 17.6. The molecule has 2 amide bonds. The van der Waals surface area contributed by atoms with E-state index in [1.54, 1.807) is 11.9 Å². The molecule has 3 heterocycles. The number of fused-ring (bicyclic) bond motifs is 4. The van der Waals surface area contributed by atoms with Crippen LogP contribution in [0.5, 0.6) is 11.5 Å². The lowest BCUT2D eigenvalue weighted by molar-refractivity contribution is -0.157. The minimum absolute atomic E-state index is 0.0184. The summed E-state index contributed by atoms with van der Waals surface area (Å²) in [5, 5.41) is 21.1. The first-order valence-corrected chi connectivity index (χ1v) is 9.55. The molecule has 0 radical (unpaired) electrons. The van der Waals surface area contributed by atoms with E-state index in [0.29, 0.717) is 12.0 Å². The van der Waals surface area contributed by atoms with E-state index in [4.69, 9.17) is 0 Å². The summed E-state index contributed by atoms with van der Waals surface area (Å²) in [5.74, 6) is -0.695. The predicted molar refractivity (Wildman–Crippen MR) is 107 cm³/mol. The predicted octanol–water partition coefficient (Wildman–Crippen LogP) is 2.20. The van der Waals surface area contributed by atoms with Crippen molar-refractivity contribution in [2.24, 2.45) is 0 Å². The number of carbonyl (C=O) groups is 2. The number of H-pyrrole nitrogens is 1. The normalized spacial score (nSPS) is 21.4. The number of amides is 2. The molecule has 0 bridgehead atoms. The van der Waals surface area contributed by atoms with Crippen molar-refractivity contribution in [3.05, 3.63) is 58.8 Å². The van der Waals surface area contributed by atoms with Crippen LogP contribution in [-0.2, 0) is 16.0 Å². The van der Waals surface area contributed by atoms with Gasteiger partial charge >= 0.3 is 0 Å². The topological polar surface area (TPSA) is 96.9 Å². The van der Waals surface area contributed by atoms with Crippen LogP contribution in [0.25, 0.3) is 10.9 Å². The number of likely N-dealkylation sites (N-methyl/N-ethyl adjacent to an activating group) is 1. The highest BCUT2D eigenvalue weighted by Crippen LogP contribution is 2.44. The molecule has 0 unspecified atom stereocenters. The molecule has 148 valence electrons. The van der Waals surface area contributed by atoms with Crippen LogP contribution in [0.4, 0.5) is 0 Å². The van der Waals surface area contributed by atoms with E-state index in [9.17, 15) is 19.8 Å². The molecule has 2 atom stereocenters. The monoisotopic (exact) mass is 391 g/mol. The van der Waals surface area contributed by atoms with E-state index in [1.807, 2.05) is 31.2 Å². The van der Waals surface area contributed by atoms with Gasteiger partial charge in [-0.15, -0.1) is 0 Å². The number of hydrogen-bond acceptors (Lipinski definition) is 4. The Bertz CT molecular complexity index is 1180. The van der Waals surface area contributed by atoms with E-state index >= 15 is 0 Å². The molecule has 29 heavy (non-hydrogen) atoms. The van der Waals surface area contributed by atoms with Gasteiger partial charge in [0, 0.05) is 30.1 Å². The average Bonchev–Trinajstić information content (AvgIpc) is 3.06. The van der Waals surface area contributed by atoms with Gasteiger partial charge in [-0.25, -0.2) is 0 Å². The molecule has 2 aliphatic rings. The molecule has 3 aromatic rings. The maximum Gasteiger partial charge on any atom is 0.245 e. The Labute approximate surface area is 167 Å². The number of aromatic nitrogens is 1. The van der Waals surface area contributed by atoms with Gasteiger partial charge < -0.3 is 25.0 Å². The summed E-state index contributed by atoms with van der Waals surface area (Å²) in [6.07, 6.45) is 0.438. The van der Waals surface area contributed by atoms with Crippen LogP contribution in [0, 0.1) is 6.92 Å². The third kappa shape index (κ3) is 2.43. The number of hydrogen-bond donors (Lipinski definition) is 3. The van der Waals surface area contributed by atoms with Gasteiger partial charge in [0.05, 0.1) is 12.6 Å². The van der Waals surface area contributed by atoms with Crippen LogP contribution in [-0.4, -0.2) is 56.4 Å². The Hall–Kier alpha value is -3.48. The number of phenols is 2. The number of rotatable bonds is 1. The van der Waals surface area contributed by atoms with Gasteiger partial charge in [-0.05, 0) is 41.8 Å². The summed E-state index contributed by atoms with van der Waals surface area (Å²) in [4.78, 5) is 32.6. The second-order valence-electron chi connectivity index (χ2n) is 7.88. The number of para-hydroxylation sites is 1. The quantitative estimate of drug-likeness (QED) is 0.554. The Morgan fingerprint density at radius 3 is 2.62 bits per heavy atom. The molecule has 2 aromatic carbocycles. The molecule has 1 fully saturated rings. The van der Waals surface area contributed by atoms with Crippen LogP contribution >= 0.6 is 0 Å². The van der Waals surface area contributed by atoms with Gasteiger partial charge in [-0.3, -0.25) is 9.59 Å². The molecular weight excluding hydrogens is 370 g/mol. The lowest BCUT2D eigenvalue weighted by Gasteiger charge is -2.46. The van der Waals surface area contributed by atoms with Crippen molar-refractivity contribution in [2.75, 3.05) is 13.6 Å². The standard InChI is InChI=1S/C22H21N3O4/c1-11-7-17(26)18(27)9-13(11)21-20-14(12-5-3-4-6-15(12)23-20)8-16-22(29)24(2)10-19(28)25(16)21/h3-7,9,16,21,23,26-27H,8,10H2,1-2H3/t16-,21-/m1/s1. The molecule has 1 aromatic heterocycles. The fraction of sp³-hybridized carbons (Fsp3) is 0.273. The highest BCUT2D eigenvalue weighted by Gasteiger charge is 2.47. The average molecular weight is 391 g/mol. The summed E-state index contributed by atoms with van der Waals surface area (Å²) in [6, 6.07) is 9.70. The molecule has 0 aliphatic carbocycles. The molecule has 0 saturated carbocycles. The van der Waals surface area contributed by atoms with Crippen molar-refractivity contribution < 1.29 is 19.8 Å². The maximum absolute atomic E-state index is 13.1. The molecule has 7 heteroatoms. The number of aromatic amines is 1. The summed E-state index contributed by atoms with van der Waals surface area (Å²) in [5.41, 5.74) is 4.21. The Morgan fingerprint density at radius 2 is 1.83 bits per heavy atom. The zero-order valence-corrected chi connectivity index (χ0v) is 16.1. The molecule has 5 rings (SSSR count). The molecule has 3 N–H and O–H groups in total. The van der Waals surface area contributed by atoms with E-state index in [1.165, 1.54) is 17.0 Å². The summed E-state index contributed by atoms with van der Waals surface area (Å²) in [7, 11) is 1.65. The Kier molecular flexibility index (Phi) is 3.65. The Balaban J connectivity index is 1.80. The zero-order chi connectivity index (χ0) is 20.4. The molecule has 1 saturated heterocycles. The third-order valence-corrected chi connectivity index (χ3v) is 6.11. The van der Waals surface area contributed by atoms with E-state index < -0.39 is 12.1 Å². The van der Waals surface area contributed by atoms with Crippen LogP contribution < -0.4 is 0 Å². The number of piperazine rings is 1. The number of benzene rings is 2. The first-order chi connectivity index (χ1) is 13.9. The van der Waals surface area contributed by atoms with Crippen molar-refractivity contribution in [1.29, 1.82) is 0 Å². The van der Waals surface area contributed by atoms with Gasteiger partial charge in [0.2, 0.25) is 11.8 Å². The smallest absolute Gasteiger partial charge is 0.245 e. The molecule has 7 nitrogen and oxygen atoms in total.